The number of halogens is 1. The molecule has 0 unspecified atom stereocenters. The van der Waals surface area contributed by atoms with Crippen LogP contribution in [0.15, 0.2) is 36.7 Å². The molecule has 2 aromatic rings. The van der Waals surface area contributed by atoms with Crippen molar-refractivity contribution >= 4 is 23.2 Å². The molecule has 1 aliphatic rings. The lowest BCUT2D eigenvalue weighted by Gasteiger charge is -2.39. The zero-order valence-corrected chi connectivity index (χ0v) is 14.6. The summed E-state index contributed by atoms with van der Waals surface area (Å²) in [5, 5.41) is 8.14. The Kier molecular flexibility index (Phi) is 4.78. The minimum atomic E-state index is -0.671. The van der Waals surface area contributed by atoms with Crippen molar-refractivity contribution in [2.24, 2.45) is 0 Å². The van der Waals surface area contributed by atoms with Gasteiger partial charge in [0.15, 0.2) is 0 Å². The summed E-state index contributed by atoms with van der Waals surface area (Å²) in [7, 11) is 3.34. The average Bonchev–Trinajstić information content (AvgIpc) is 3.16. The number of rotatable bonds is 4. The zero-order valence-electron chi connectivity index (χ0n) is 13.8. The van der Waals surface area contributed by atoms with Crippen LogP contribution >= 0.6 is 11.6 Å². The lowest BCUT2D eigenvalue weighted by atomic mass is 9.86. The number of nitrogens with zero attached hydrogens (tertiary/aromatic N) is 3. The Hall–Kier alpha value is -2.05. The number of carbonyl (C=O) groups excluding carboxylic acids is 1. The normalized spacial score (nSPS) is 16.6. The molecule has 24 heavy (non-hydrogen) atoms. The van der Waals surface area contributed by atoms with E-state index in [1.54, 1.807) is 42.1 Å². The summed E-state index contributed by atoms with van der Waals surface area (Å²) in [6.07, 6.45) is 4.96. The molecule has 0 spiro atoms. The first-order chi connectivity index (χ1) is 11.6. The number of carbonyl (C=O) groups is 1. The molecular formula is C17H21ClN4O2. The van der Waals surface area contributed by atoms with Gasteiger partial charge >= 0.3 is 0 Å². The van der Waals surface area contributed by atoms with Crippen molar-refractivity contribution in [3.05, 3.63) is 41.7 Å². The predicted octanol–water partition coefficient (Wildman–Crippen LogP) is 2.29. The quantitative estimate of drug-likeness (QED) is 0.921. The second kappa shape index (κ2) is 6.83. The monoisotopic (exact) mass is 348 g/mol. The largest absolute Gasteiger partial charge is 0.495 e. The summed E-state index contributed by atoms with van der Waals surface area (Å²) >= 11 is 6.21. The van der Waals surface area contributed by atoms with Crippen LogP contribution in [0.3, 0.4) is 0 Å². The van der Waals surface area contributed by atoms with Gasteiger partial charge in [0.05, 0.1) is 12.1 Å². The van der Waals surface area contributed by atoms with E-state index in [2.05, 4.69) is 10.4 Å². The van der Waals surface area contributed by atoms with Gasteiger partial charge in [-0.25, -0.2) is 0 Å². The third-order valence-electron chi connectivity index (χ3n) is 4.60. The van der Waals surface area contributed by atoms with Gasteiger partial charge in [-0.2, -0.15) is 5.10 Å². The third-order valence-corrected chi connectivity index (χ3v) is 4.89. The highest BCUT2D eigenvalue weighted by atomic mass is 35.5. The van der Waals surface area contributed by atoms with Crippen LogP contribution in [0.1, 0.15) is 12.8 Å². The first kappa shape index (κ1) is 16.8. The number of hydrogen-bond acceptors (Lipinski definition) is 4. The average molecular weight is 349 g/mol. The van der Waals surface area contributed by atoms with Crippen LogP contribution in [0, 0.1) is 0 Å². The highest BCUT2D eigenvalue weighted by molar-refractivity contribution is 6.32. The Morgan fingerprint density at radius 2 is 2.17 bits per heavy atom. The van der Waals surface area contributed by atoms with Crippen LogP contribution in [0.2, 0.25) is 5.02 Å². The van der Waals surface area contributed by atoms with E-state index >= 15 is 0 Å². The number of ether oxygens (including phenoxy) is 1. The van der Waals surface area contributed by atoms with Gasteiger partial charge in [-0.1, -0.05) is 11.6 Å². The maximum absolute atomic E-state index is 13.3. The molecule has 1 aliphatic heterocycles. The number of methoxy groups -OCH3 is 1. The Labute approximate surface area is 146 Å². The van der Waals surface area contributed by atoms with Crippen LogP contribution in [-0.2, 0) is 10.3 Å². The minimum absolute atomic E-state index is 0.00827. The number of amides is 1. The van der Waals surface area contributed by atoms with Crippen LogP contribution in [0.25, 0.3) is 0 Å². The standard InChI is InChI=1S/C17H21ClN4O2/c1-21(13-4-5-15(24-2)14(18)12-13)16(23)17(6-9-19-10-7-17)22-11-3-8-20-22/h3-5,8,11-12,19H,6-7,9-10H2,1-2H3. The van der Waals surface area contributed by atoms with Crippen LogP contribution < -0.4 is 15.0 Å². The predicted molar refractivity (Wildman–Crippen MR) is 93.7 cm³/mol. The van der Waals surface area contributed by atoms with Crippen LogP contribution in [-0.4, -0.2) is 42.9 Å². The first-order valence-electron chi connectivity index (χ1n) is 7.91. The van der Waals surface area contributed by atoms with Crippen molar-refractivity contribution in [2.75, 3.05) is 32.1 Å². The van der Waals surface area contributed by atoms with E-state index in [0.717, 1.165) is 18.8 Å². The number of hydrogen-bond donors (Lipinski definition) is 1. The van der Waals surface area contributed by atoms with Crippen molar-refractivity contribution in [1.82, 2.24) is 15.1 Å². The summed E-state index contributed by atoms with van der Waals surface area (Å²) in [4.78, 5) is 15.0. The van der Waals surface area contributed by atoms with Crippen molar-refractivity contribution < 1.29 is 9.53 Å². The summed E-state index contributed by atoms with van der Waals surface area (Å²) in [6.45, 7) is 1.56. The third kappa shape index (κ3) is 2.87. The minimum Gasteiger partial charge on any atom is -0.495 e. The lowest BCUT2D eigenvalue weighted by molar-refractivity contribution is -0.128. The van der Waals surface area contributed by atoms with Gasteiger partial charge in [0.25, 0.3) is 5.91 Å². The van der Waals surface area contributed by atoms with Crippen LogP contribution in [0.4, 0.5) is 5.69 Å². The molecule has 1 fully saturated rings. The summed E-state index contributed by atoms with van der Waals surface area (Å²) in [5.74, 6) is 0.596. The fourth-order valence-electron chi connectivity index (χ4n) is 3.20. The second-order valence-corrected chi connectivity index (χ2v) is 6.32. The highest BCUT2D eigenvalue weighted by Crippen LogP contribution is 2.33. The SMILES string of the molecule is COc1ccc(N(C)C(=O)C2(n3cccn3)CCNCC2)cc1Cl. The number of benzene rings is 1. The van der Waals surface area contributed by atoms with Crippen LogP contribution in [0.5, 0.6) is 5.75 Å². The lowest BCUT2D eigenvalue weighted by Crippen LogP contribution is -2.55. The maximum Gasteiger partial charge on any atom is 0.254 e. The molecule has 7 heteroatoms. The number of nitrogens with one attached hydrogen (secondary N) is 1. The molecule has 1 amide bonds. The van der Waals surface area contributed by atoms with Gasteiger partial charge in [-0.15, -0.1) is 0 Å². The highest BCUT2D eigenvalue weighted by Gasteiger charge is 2.44. The van der Waals surface area contributed by atoms with Gasteiger partial charge in [0, 0.05) is 25.1 Å². The van der Waals surface area contributed by atoms with Crippen molar-refractivity contribution in [2.45, 2.75) is 18.4 Å². The fourth-order valence-corrected chi connectivity index (χ4v) is 3.45. The molecular weight excluding hydrogens is 328 g/mol. The smallest absolute Gasteiger partial charge is 0.254 e. The van der Waals surface area contributed by atoms with Gasteiger partial charge in [0.2, 0.25) is 0 Å². The molecule has 6 nitrogen and oxygen atoms in total. The van der Waals surface area contributed by atoms with Gasteiger partial charge < -0.3 is 15.0 Å². The van der Waals surface area contributed by atoms with Crippen molar-refractivity contribution in [1.29, 1.82) is 0 Å². The van der Waals surface area contributed by atoms with Gasteiger partial charge in [-0.3, -0.25) is 9.48 Å². The second-order valence-electron chi connectivity index (χ2n) is 5.92. The number of aromatic nitrogens is 2. The fraction of sp³-hybridized carbons (Fsp3) is 0.412. The number of anilines is 1. The summed E-state index contributed by atoms with van der Waals surface area (Å²) < 4.78 is 6.97. The van der Waals surface area contributed by atoms with E-state index in [-0.39, 0.29) is 5.91 Å². The van der Waals surface area contributed by atoms with E-state index in [0.29, 0.717) is 23.6 Å². The van der Waals surface area contributed by atoms with Gasteiger partial charge in [-0.05, 0) is 50.2 Å². The molecule has 1 aromatic carbocycles. The number of piperidine rings is 1. The maximum atomic E-state index is 13.3. The molecule has 0 atom stereocenters. The molecule has 128 valence electrons. The molecule has 2 heterocycles. The molecule has 3 rings (SSSR count). The molecule has 0 aliphatic carbocycles. The van der Waals surface area contributed by atoms with Crippen molar-refractivity contribution in [3.63, 3.8) is 0 Å². The molecule has 0 saturated carbocycles. The summed E-state index contributed by atoms with van der Waals surface area (Å²) in [5.41, 5.74) is 0.0616. The van der Waals surface area contributed by atoms with Gasteiger partial charge in [0.1, 0.15) is 11.3 Å². The van der Waals surface area contributed by atoms with E-state index in [4.69, 9.17) is 16.3 Å². The Morgan fingerprint density at radius 1 is 1.42 bits per heavy atom. The topological polar surface area (TPSA) is 59.4 Å². The van der Waals surface area contributed by atoms with Crippen molar-refractivity contribution in [3.8, 4) is 5.75 Å². The number of likely N-dealkylation sites (N-methyl/N-ethyl adjacent to an activating group) is 1. The van der Waals surface area contributed by atoms with E-state index in [1.165, 1.54) is 0 Å². The first-order valence-corrected chi connectivity index (χ1v) is 8.29. The zero-order chi connectivity index (χ0) is 17.2. The van der Waals surface area contributed by atoms with E-state index in [9.17, 15) is 4.79 Å². The van der Waals surface area contributed by atoms with E-state index < -0.39 is 5.54 Å². The molecule has 1 aromatic heterocycles. The molecule has 1 N–H and O–H groups in total. The molecule has 1 saturated heterocycles. The Balaban J connectivity index is 1.94. The molecule has 0 bridgehead atoms. The molecule has 0 radical (unpaired) electrons. The van der Waals surface area contributed by atoms with E-state index in [1.807, 2.05) is 18.3 Å². The Bertz CT molecular complexity index is 711. The Morgan fingerprint density at radius 3 is 2.75 bits per heavy atom. The summed E-state index contributed by atoms with van der Waals surface area (Å²) in [6, 6.07) is 7.20.